The molecule has 3 nitrogen and oxygen atoms in total. The third-order valence-electron chi connectivity index (χ3n) is 14.2. The molecular weight excluding hydrogens is 715 g/mol. The predicted molar refractivity (Wildman–Crippen MR) is 249 cm³/mol. The maximum absolute atomic E-state index is 5.00. The molecule has 2 aliphatic carbocycles. The number of aromatic nitrogens is 1. The summed E-state index contributed by atoms with van der Waals surface area (Å²) >= 11 is 0. The lowest BCUT2D eigenvalue weighted by molar-refractivity contribution is 0.549. The van der Waals surface area contributed by atoms with E-state index in [-0.39, 0.29) is 16.2 Å². The zero-order chi connectivity index (χ0) is 40.5. The van der Waals surface area contributed by atoms with Crippen LogP contribution in [0.5, 0.6) is 0 Å². The lowest BCUT2D eigenvalue weighted by Gasteiger charge is -2.43. The molecule has 0 radical (unpaired) electrons. The first-order valence-corrected chi connectivity index (χ1v) is 21.9. The van der Waals surface area contributed by atoms with E-state index in [1.54, 1.807) is 0 Å². The number of pyridine rings is 1. The van der Waals surface area contributed by atoms with Gasteiger partial charge in [-0.1, -0.05) is 145 Å². The van der Waals surface area contributed by atoms with Gasteiger partial charge >= 0.3 is 0 Å². The number of hydrogen-bond acceptors (Lipinski definition) is 3. The molecule has 6 aromatic rings. The smallest absolute Gasteiger partial charge is 0.0645 e. The summed E-state index contributed by atoms with van der Waals surface area (Å²) in [6.07, 6.45) is 18.1. The van der Waals surface area contributed by atoms with E-state index in [0.29, 0.717) is 0 Å². The van der Waals surface area contributed by atoms with E-state index in [9.17, 15) is 0 Å². The highest BCUT2D eigenvalue weighted by Gasteiger charge is 2.46. The third kappa shape index (κ3) is 5.72. The molecule has 1 spiro atoms. The molecule has 2 aliphatic heterocycles. The number of benzene rings is 5. The fourth-order valence-corrected chi connectivity index (χ4v) is 11.3. The Morgan fingerprint density at radius 2 is 1.14 bits per heavy atom. The molecule has 0 amide bonds. The van der Waals surface area contributed by atoms with Crippen LogP contribution >= 0.6 is 0 Å². The monoisotopic (exact) mass is 769 g/mol. The number of nitrogens with zero attached hydrogens (tertiary/aromatic N) is 3. The maximum Gasteiger partial charge on any atom is 0.0645 e. The second-order valence-electron chi connectivity index (χ2n) is 18.1. The van der Waals surface area contributed by atoms with Gasteiger partial charge in [0, 0.05) is 27.6 Å². The molecule has 0 saturated heterocycles. The van der Waals surface area contributed by atoms with Crippen LogP contribution in [0.4, 0.5) is 28.4 Å². The summed E-state index contributed by atoms with van der Waals surface area (Å²) in [5.41, 5.74) is 20.8. The number of hydrogen-bond donors (Lipinski definition) is 0. The van der Waals surface area contributed by atoms with Crippen molar-refractivity contribution in [3.63, 3.8) is 0 Å². The van der Waals surface area contributed by atoms with Gasteiger partial charge < -0.3 is 9.80 Å². The Balaban J connectivity index is 0.985. The van der Waals surface area contributed by atoms with Crippen molar-refractivity contribution >= 4 is 40.6 Å². The molecule has 10 rings (SSSR count). The van der Waals surface area contributed by atoms with E-state index >= 15 is 0 Å². The van der Waals surface area contributed by atoms with Crippen LogP contribution < -0.4 is 9.80 Å². The van der Waals surface area contributed by atoms with E-state index < -0.39 is 0 Å². The first-order valence-electron chi connectivity index (χ1n) is 21.9. The molecule has 1 fully saturated rings. The quantitative estimate of drug-likeness (QED) is 0.161. The van der Waals surface area contributed by atoms with E-state index in [2.05, 4.69) is 197 Å². The van der Waals surface area contributed by atoms with Crippen molar-refractivity contribution in [3.8, 4) is 11.1 Å². The predicted octanol–water partition coefficient (Wildman–Crippen LogP) is 15.3. The molecule has 1 saturated carbocycles. The van der Waals surface area contributed by atoms with Gasteiger partial charge in [-0.25, -0.2) is 0 Å². The Bertz CT molecular complexity index is 2650. The zero-order valence-corrected chi connectivity index (χ0v) is 35.5. The second kappa shape index (κ2) is 14.1. The first kappa shape index (κ1) is 37.3. The van der Waals surface area contributed by atoms with Crippen LogP contribution in [-0.2, 0) is 16.2 Å². The summed E-state index contributed by atoms with van der Waals surface area (Å²) in [6, 6.07) is 45.6. The molecule has 0 bridgehead atoms. The van der Waals surface area contributed by atoms with Gasteiger partial charge in [0.15, 0.2) is 0 Å². The van der Waals surface area contributed by atoms with Gasteiger partial charge in [-0.2, -0.15) is 0 Å². The Labute approximate surface area is 351 Å². The van der Waals surface area contributed by atoms with E-state index in [1.165, 1.54) is 104 Å². The van der Waals surface area contributed by atoms with Gasteiger partial charge in [0.1, 0.15) is 0 Å². The van der Waals surface area contributed by atoms with Crippen molar-refractivity contribution in [3.05, 3.63) is 190 Å². The second-order valence-corrected chi connectivity index (χ2v) is 18.1. The third-order valence-corrected chi connectivity index (χ3v) is 14.2. The largest absolute Gasteiger partial charge is 0.310 e. The zero-order valence-electron chi connectivity index (χ0n) is 35.5. The fraction of sp³-hybridized carbons (Fsp3) is 0.268. The van der Waals surface area contributed by atoms with Crippen LogP contribution in [0.2, 0.25) is 0 Å². The highest BCUT2D eigenvalue weighted by molar-refractivity contribution is 5.88. The summed E-state index contributed by atoms with van der Waals surface area (Å²) < 4.78 is 0. The van der Waals surface area contributed by atoms with Crippen molar-refractivity contribution in [2.45, 2.75) is 96.3 Å². The summed E-state index contributed by atoms with van der Waals surface area (Å²) in [5.74, 6) is 0. The van der Waals surface area contributed by atoms with Crippen molar-refractivity contribution < 1.29 is 0 Å². The highest BCUT2D eigenvalue weighted by atomic mass is 15.2. The van der Waals surface area contributed by atoms with Gasteiger partial charge in [-0.3, -0.25) is 4.98 Å². The van der Waals surface area contributed by atoms with Crippen molar-refractivity contribution in [2.75, 3.05) is 9.80 Å². The van der Waals surface area contributed by atoms with Crippen LogP contribution in [0.15, 0.2) is 151 Å². The van der Waals surface area contributed by atoms with Crippen molar-refractivity contribution in [1.82, 2.24) is 4.98 Å². The minimum absolute atomic E-state index is 0.0330. The summed E-state index contributed by atoms with van der Waals surface area (Å²) in [7, 11) is 0. The molecule has 4 aliphatic rings. The average Bonchev–Trinajstić information content (AvgIpc) is 3.86. The van der Waals surface area contributed by atoms with Gasteiger partial charge in [0.05, 0.1) is 34.6 Å². The Kier molecular flexibility index (Phi) is 8.94. The molecular formula is C56H55N3. The Morgan fingerprint density at radius 1 is 0.559 bits per heavy atom. The molecule has 294 valence electrons. The van der Waals surface area contributed by atoms with E-state index in [0.717, 1.165) is 24.2 Å². The summed E-state index contributed by atoms with van der Waals surface area (Å²) in [4.78, 5) is 9.93. The van der Waals surface area contributed by atoms with Gasteiger partial charge in [0.2, 0.25) is 0 Å². The maximum atomic E-state index is 5.00. The average molecular weight is 770 g/mol. The Morgan fingerprint density at radius 3 is 1.75 bits per heavy atom. The summed E-state index contributed by atoms with van der Waals surface area (Å²) in [6.45, 7) is 14.0. The number of anilines is 5. The van der Waals surface area contributed by atoms with Gasteiger partial charge in [0.25, 0.3) is 0 Å². The normalized spacial score (nSPS) is 18.0. The van der Waals surface area contributed by atoms with Gasteiger partial charge in [-0.15, -0.1) is 0 Å². The van der Waals surface area contributed by atoms with Crippen molar-refractivity contribution in [2.24, 2.45) is 0 Å². The highest BCUT2D eigenvalue weighted by Crippen LogP contribution is 2.59. The van der Waals surface area contributed by atoms with Crippen LogP contribution in [0.3, 0.4) is 0 Å². The minimum Gasteiger partial charge on any atom is -0.310 e. The molecule has 1 aromatic heterocycles. The topological polar surface area (TPSA) is 19.4 Å². The van der Waals surface area contributed by atoms with Crippen LogP contribution in [0, 0.1) is 0 Å². The first-order chi connectivity index (χ1) is 28.7. The number of para-hydroxylation sites is 3. The fourth-order valence-electron chi connectivity index (χ4n) is 11.3. The Hall–Kier alpha value is -5.93. The lowest BCUT2D eigenvalue weighted by Crippen LogP contribution is -2.34. The molecule has 0 N–H and O–H groups in total. The lowest BCUT2D eigenvalue weighted by atomic mass is 9.72. The molecule has 0 unspecified atom stereocenters. The molecule has 3 heterocycles. The molecule has 0 atom stereocenters. The number of allylic oxidation sites excluding steroid dienone is 3. The molecule has 5 aromatic carbocycles. The summed E-state index contributed by atoms with van der Waals surface area (Å²) in [5, 5.41) is 0. The van der Waals surface area contributed by atoms with E-state index in [4.69, 9.17) is 4.98 Å². The van der Waals surface area contributed by atoms with Crippen molar-refractivity contribution in [1.29, 1.82) is 0 Å². The minimum atomic E-state index is -0.0845. The standard InChI is InChI=1S/C56H55N3/c1-7-9-21-50-44(8-2)54(3,4)45-18-10-13-22-51(45)58(50)40-30-32-43-42-31-26-38(35-48(42)56(49(43)36-40)33-16-17-34-56)25-27-39-28-29-41(37-57-39)59-52-23-14-11-19-46(52)55(5,6)47-20-12-15-24-53(47)59/h9-15,18-32,35-37H,7-8,16-17,33-34H2,1-6H3/b21-9-,27-25+. The number of rotatable bonds is 7. The van der Waals surface area contributed by atoms with Crippen LogP contribution in [0.1, 0.15) is 119 Å². The number of fused-ring (bicyclic) bond motifs is 8. The SMILES string of the molecule is CC/C=C\C1=C(CC)C(C)(C)c2ccccc2N1c1ccc2c(c1)C1(CCCC1)c1cc(/C=C/c3ccc(N4c5ccccc5C(C)(C)c5ccccc54)cn3)ccc1-2. The van der Waals surface area contributed by atoms with E-state index in [1.807, 2.05) is 6.20 Å². The molecule has 3 heteroatoms. The molecule has 59 heavy (non-hydrogen) atoms. The van der Waals surface area contributed by atoms with Crippen LogP contribution in [0.25, 0.3) is 23.3 Å². The van der Waals surface area contributed by atoms with Gasteiger partial charge in [-0.05, 0) is 130 Å². The van der Waals surface area contributed by atoms with Crippen LogP contribution in [-0.4, -0.2) is 4.98 Å².